The number of nitrogens with zero attached hydrogens (tertiary/aromatic N) is 3. The maximum atomic E-state index is 12.1. The van der Waals surface area contributed by atoms with Crippen molar-refractivity contribution in [3.63, 3.8) is 0 Å². The van der Waals surface area contributed by atoms with Crippen LogP contribution in [0.1, 0.15) is 11.3 Å². The Bertz CT molecular complexity index is 913. The van der Waals surface area contributed by atoms with E-state index in [-0.39, 0.29) is 5.91 Å². The van der Waals surface area contributed by atoms with Crippen molar-refractivity contribution >= 4 is 40.5 Å². The molecule has 0 bridgehead atoms. The quantitative estimate of drug-likeness (QED) is 0.583. The summed E-state index contributed by atoms with van der Waals surface area (Å²) in [7, 11) is 1.85. The number of anilines is 1. The molecule has 5 nitrogen and oxygen atoms in total. The predicted molar refractivity (Wildman–Crippen MR) is 99.1 cm³/mol. The molecule has 2 heterocycles. The van der Waals surface area contributed by atoms with Crippen LogP contribution in [-0.2, 0) is 11.8 Å². The highest BCUT2D eigenvalue weighted by atomic mass is 32.2. The van der Waals surface area contributed by atoms with Crippen molar-refractivity contribution in [1.82, 2.24) is 14.8 Å². The first kappa shape index (κ1) is 16.3. The molecule has 1 aromatic carbocycles. The van der Waals surface area contributed by atoms with Crippen molar-refractivity contribution in [2.75, 3.05) is 11.6 Å². The van der Waals surface area contributed by atoms with Crippen LogP contribution in [0.2, 0.25) is 0 Å². The summed E-state index contributed by atoms with van der Waals surface area (Å²) in [5, 5.41) is 8.10. The van der Waals surface area contributed by atoms with Gasteiger partial charge in [0, 0.05) is 23.4 Å². The maximum absolute atomic E-state index is 12.1. The summed E-state index contributed by atoms with van der Waals surface area (Å²) >= 11 is 1.69. The van der Waals surface area contributed by atoms with Gasteiger partial charge in [-0.15, -0.1) is 11.8 Å². The number of nitrogens with one attached hydrogen (secondary N) is 1. The van der Waals surface area contributed by atoms with Crippen LogP contribution in [-0.4, -0.2) is 26.9 Å². The topological polar surface area (TPSA) is 59.8 Å². The normalized spacial score (nSPS) is 11.3. The Hall–Kier alpha value is -2.60. The number of fused-ring (bicyclic) bond motifs is 1. The number of rotatable bonds is 4. The first-order valence-electron chi connectivity index (χ1n) is 7.49. The van der Waals surface area contributed by atoms with E-state index < -0.39 is 0 Å². The molecule has 0 spiro atoms. The molecule has 0 unspecified atom stereocenters. The van der Waals surface area contributed by atoms with Crippen LogP contribution in [0.3, 0.4) is 0 Å². The zero-order chi connectivity index (χ0) is 17.1. The van der Waals surface area contributed by atoms with Gasteiger partial charge in [-0.2, -0.15) is 5.10 Å². The van der Waals surface area contributed by atoms with Crippen molar-refractivity contribution in [2.45, 2.75) is 11.8 Å². The Balaban J connectivity index is 1.72. The van der Waals surface area contributed by atoms with Crippen molar-refractivity contribution < 1.29 is 4.79 Å². The summed E-state index contributed by atoms with van der Waals surface area (Å²) in [4.78, 5) is 17.6. The summed E-state index contributed by atoms with van der Waals surface area (Å²) in [5.41, 5.74) is 3.33. The molecule has 6 heteroatoms. The lowest BCUT2D eigenvalue weighted by Crippen LogP contribution is -2.08. The lowest BCUT2D eigenvalue weighted by Gasteiger charge is -2.02. The molecule has 0 saturated heterocycles. The number of thioether (sulfide) groups is 1. The molecule has 1 amide bonds. The smallest absolute Gasteiger partial charge is 0.248 e. The third-order valence-corrected chi connectivity index (χ3v) is 4.42. The fraction of sp³-hybridized carbons (Fsp3) is 0.167. The van der Waals surface area contributed by atoms with Gasteiger partial charge in [-0.3, -0.25) is 9.48 Å². The minimum absolute atomic E-state index is 0.188. The lowest BCUT2D eigenvalue weighted by molar-refractivity contribution is -0.111. The third kappa shape index (κ3) is 3.49. The van der Waals surface area contributed by atoms with Gasteiger partial charge in [0.15, 0.2) is 5.65 Å². The van der Waals surface area contributed by atoms with E-state index in [9.17, 15) is 4.79 Å². The standard InChI is InChI=1S/C18H18N4OS/c1-12-16-10-14(11-19-18(16)22(2)21-12)20-17(23)9-6-13-4-7-15(24-3)8-5-13/h4-11H,1-3H3,(H,20,23)/b9-6+. The van der Waals surface area contributed by atoms with Crippen LogP contribution in [0.15, 0.2) is 47.5 Å². The average Bonchev–Trinajstić information content (AvgIpc) is 2.87. The van der Waals surface area contributed by atoms with E-state index in [1.165, 1.54) is 11.0 Å². The fourth-order valence-electron chi connectivity index (χ4n) is 2.45. The third-order valence-electron chi connectivity index (χ3n) is 3.67. The highest BCUT2D eigenvalue weighted by molar-refractivity contribution is 7.98. The molecule has 2 aromatic heterocycles. The van der Waals surface area contributed by atoms with E-state index >= 15 is 0 Å². The number of carbonyl (C=O) groups is 1. The number of hydrogen-bond donors (Lipinski definition) is 1. The Morgan fingerprint density at radius 1 is 1.29 bits per heavy atom. The van der Waals surface area contributed by atoms with E-state index in [4.69, 9.17) is 0 Å². The molecule has 0 radical (unpaired) electrons. The molecule has 0 aliphatic carbocycles. The molecule has 0 atom stereocenters. The zero-order valence-electron chi connectivity index (χ0n) is 13.8. The monoisotopic (exact) mass is 338 g/mol. The van der Waals surface area contributed by atoms with Crippen LogP contribution >= 0.6 is 11.8 Å². The first-order chi connectivity index (χ1) is 11.6. The van der Waals surface area contributed by atoms with E-state index in [0.717, 1.165) is 22.3 Å². The molecule has 0 aliphatic rings. The van der Waals surface area contributed by atoms with Crippen LogP contribution in [0.5, 0.6) is 0 Å². The number of amides is 1. The Labute approximate surface area is 144 Å². The van der Waals surface area contributed by atoms with Gasteiger partial charge >= 0.3 is 0 Å². The average molecular weight is 338 g/mol. The number of pyridine rings is 1. The van der Waals surface area contributed by atoms with Crippen molar-refractivity contribution in [2.24, 2.45) is 7.05 Å². The molecule has 0 saturated carbocycles. The molecule has 3 rings (SSSR count). The van der Waals surface area contributed by atoms with Gasteiger partial charge in [0.05, 0.1) is 17.6 Å². The molecular weight excluding hydrogens is 320 g/mol. The predicted octanol–water partition coefficient (Wildman–Crippen LogP) is 3.65. The van der Waals surface area contributed by atoms with E-state index in [1.54, 1.807) is 28.7 Å². The van der Waals surface area contributed by atoms with Crippen molar-refractivity contribution in [3.05, 3.63) is 53.9 Å². The molecule has 1 N–H and O–H groups in total. The minimum atomic E-state index is -0.188. The minimum Gasteiger partial charge on any atom is -0.321 e. The van der Waals surface area contributed by atoms with E-state index in [2.05, 4.69) is 15.4 Å². The van der Waals surface area contributed by atoms with Crippen LogP contribution < -0.4 is 5.32 Å². The Morgan fingerprint density at radius 3 is 2.75 bits per heavy atom. The molecule has 0 fully saturated rings. The van der Waals surface area contributed by atoms with Crippen molar-refractivity contribution in [1.29, 1.82) is 0 Å². The SMILES string of the molecule is CSc1ccc(/C=C/C(=O)Nc2cnc3c(c2)c(C)nn3C)cc1. The summed E-state index contributed by atoms with van der Waals surface area (Å²) in [6, 6.07) is 9.94. The van der Waals surface area contributed by atoms with Crippen LogP contribution in [0.4, 0.5) is 5.69 Å². The number of aryl methyl sites for hydroxylation is 2. The fourth-order valence-corrected chi connectivity index (χ4v) is 2.86. The zero-order valence-corrected chi connectivity index (χ0v) is 14.6. The summed E-state index contributed by atoms with van der Waals surface area (Å²) in [5.74, 6) is -0.188. The van der Waals surface area contributed by atoms with Gasteiger partial charge in [0.25, 0.3) is 0 Å². The second kappa shape index (κ2) is 6.88. The highest BCUT2D eigenvalue weighted by Gasteiger charge is 2.07. The van der Waals surface area contributed by atoms with Gasteiger partial charge in [-0.25, -0.2) is 4.98 Å². The maximum Gasteiger partial charge on any atom is 0.248 e. The number of hydrogen-bond acceptors (Lipinski definition) is 4. The van der Waals surface area contributed by atoms with Gasteiger partial charge < -0.3 is 5.32 Å². The second-order valence-corrected chi connectivity index (χ2v) is 6.28. The lowest BCUT2D eigenvalue weighted by atomic mass is 10.2. The van der Waals surface area contributed by atoms with Gasteiger partial charge in [0.1, 0.15) is 0 Å². The summed E-state index contributed by atoms with van der Waals surface area (Å²) in [6.45, 7) is 1.92. The molecule has 24 heavy (non-hydrogen) atoms. The second-order valence-electron chi connectivity index (χ2n) is 5.40. The van der Waals surface area contributed by atoms with Crippen molar-refractivity contribution in [3.8, 4) is 0 Å². The Morgan fingerprint density at radius 2 is 2.04 bits per heavy atom. The summed E-state index contributed by atoms with van der Waals surface area (Å²) < 4.78 is 1.73. The van der Waals surface area contributed by atoms with Crippen LogP contribution in [0, 0.1) is 6.92 Å². The Kier molecular flexibility index (Phi) is 4.66. The molecule has 122 valence electrons. The molecule has 3 aromatic rings. The van der Waals surface area contributed by atoms with E-state index in [1.807, 2.05) is 50.6 Å². The first-order valence-corrected chi connectivity index (χ1v) is 8.72. The number of benzene rings is 1. The van der Waals surface area contributed by atoms with Gasteiger partial charge in [-0.1, -0.05) is 12.1 Å². The van der Waals surface area contributed by atoms with E-state index in [0.29, 0.717) is 5.69 Å². The molecular formula is C18H18N4OS. The number of carbonyl (C=O) groups excluding carboxylic acids is 1. The van der Waals surface area contributed by atoms with Crippen LogP contribution in [0.25, 0.3) is 17.1 Å². The molecule has 0 aliphatic heterocycles. The largest absolute Gasteiger partial charge is 0.321 e. The van der Waals surface area contributed by atoms with Gasteiger partial charge in [0.2, 0.25) is 5.91 Å². The highest BCUT2D eigenvalue weighted by Crippen LogP contribution is 2.19. The number of aromatic nitrogens is 3. The van der Waals surface area contributed by atoms with Gasteiger partial charge in [-0.05, 0) is 43.0 Å². The summed E-state index contributed by atoms with van der Waals surface area (Å²) in [6.07, 6.45) is 6.99.